The van der Waals surface area contributed by atoms with E-state index in [2.05, 4.69) is 24.1 Å². The van der Waals surface area contributed by atoms with Crippen LogP contribution in [0.25, 0.3) is 0 Å². The third-order valence-electron chi connectivity index (χ3n) is 3.66. The molecule has 3 N–H and O–H groups in total. The first-order valence-corrected chi connectivity index (χ1v) is 6.54. The van der Waals surface area contributed by atoms with Gasteiger partial charge in [0.15, 0.2) is 0 Å². The molecule has 3 nitrogen and oxygen atoms in total. The van der Waals surface area contributed by atoms with Crippen LogP contribution in [-0.4, -0.2) is 11.0 Å². The van der Waals surface area contributed by atoms with Gasteiger partial charge in [-0.15, -0.1) is 0 Å². The quantitative estimate of drug-likeness (QED) is 0.824. The predicted octanol–water partition coefficient (Wildman–Crippen LogP) is 3.21. The predicted molar refractivity (Wildman–Crippen MR) is 73.0 cm³/mol. The van der Waals surface area contributed by atoms with E-state index in [1.54, 1.807) is 0 Å². The van der Waals surface area contributed by atoms with E-state index in [1.807, 2.05) is 19.1 Å². The molecule has 3 heteroatoms. The second-order valence-corrected chi connectivity index (χ2v) is 5.63. The van der Waals surface area contributed by atoms with Gasteiger partial charge in [0, 0.05) is 6.04 Å². The third-order valence-corrected chi connectivity index (χ3v) is 3.66. The fraction of sp³-hybridized carbons (Fsp3) is 0.643. The zero-order valence-electron chi connectivity index (χ0n) is 11.0. The van der Waals surface area contributed by atoms with Gasteiger partial charge in [0.05, 0.1) is 11.4 Å². The minimum Gasteiger partial charge on any atom is -0.397 e. The minimum atomic E-state index is 0.560. The molecule has 1 fully saturated rings. The number of aromatic nitrogens is 1. The lowest BCUT2D eigenvalue weighted by Gasteiger charge is -2.32. The number of nitrogens with zero attached hydrogens (tertiary/aromatic N) is 1. The molecule has 0 aromatic carbocycles. The van der Waals surface area contributed by atoms with Crippen LogP contribution in [-0.2, 0) is 0 Å². The molecular weight excluding hydrogens is 210 g/mol. The van der Waals surface area contributed by atoms with Gasteiger partial charge in [-0.05, 0) is 50.2 Å². The highest BCUT2D eigenvalue weighted by atomic mass is 15.0. The lowest BCUT2D eigenvalue weighted by atomic mass is 9.80. The van der Waals surface area contributed by atoms with E-state index in [-0.39, 0.29) is 0 Å². The Bertz CT molecular complexity index is 379. The number of hydrogen-bond acceptors (Lipinski definition) is 3. The van der Waals surface area contributed by atoms with Crippen molar-refractivity contribution in [1.82, 2.24) is 4.98 Å². The van der Waals surface area contributed by atoms with Crippen LogP contribution in [0.3, 0.4) is 0 Å². The Morgan fingerprint density at radius 1 is 1.18 bits per heavy atom. The number of nitrogens with two attached hydrogens (primary N) is 1. The first-order valence-electron chi connectivity index (χ1n) is 6.54. The van der Waals surface area contributed by atoms with Crippen molar-refractivity contribution in [3.63, 3.8) is 0 Å². The lowest BCUT2D eigenvalue weighted by Crippen LogP contribution is -2.30. The van der Waals surface area contributed by atoms with Crippen LogP contribution in [0, 0.1) is 18.8 Å². The Labute approximate surface area is 104 Å². The van der Waals surface area contributed by atoms with Crippen LogP contribution >= 0.6 is 0 Å². The molecule has 0 saturated heterocycles. The number of pyridine rings is 1. The summed E-state index contributed by atoms with van der Waals surface area (Å²) in [6, 6.07) is 4.47. The highest BCUT2D eigenvalue weighted by Gasteiger charge is 2.23. The first-order chi connectivity index (χ1) is 8.04. The molecule has 0 aliphatic heterocycles. The van der Waals surface area contributed by atoms with Crippen molar-refractivity contribution >= 4 is 11.5 Å². The summed E-state index contributed by atoms with van der Waals surface area (Å²) < 4.78 is 0. The van der Waals surface area contributed by atoms with Crippen LogP contribution in [0.1, 0.15) is 38.8 Å². The molecule has 1 aromatic rings. The number of nitrogens with one attached hydrogen (secondary N) is 1. The van der Waals surface area contributed by atoms with Gasteiger partial charge in [0.1, 0.15) is 5.82 Å². The summed E-state index contributed by atoms with van der Waals surface area (Å²) in [6.07, 6.45) is 3.84. The molecule has 17 heavy (non-hydrogen) atoms. The minimum absolute atomic E-state index is 0.560. The van der Waals surface area contributed by atoms with E-state index in [9.17, 15) is 0 Å². The van der Waals surface area contributed by atoms with Crippen LogP contribution in [0.4, 0.5) is 11.5 Å². The Balaban J connectivity index is 2.02. The largest absolute Gasteiger partial charge is 0.397 e. The van der Waals surface area contributed by atoms with Gasteiger partial charge in [-0.25, -0.2) is 4.98 Å². The summed E-state index contributed by atoms with van der Waals surface area (Å²) in [5.41, 5.74) is 7.45. The maximum absolute atomic E-state index is 5.78. The summed E-state index contributed by atoms with van der Waals surface area (Å²) in [5, 5.41) is 3.54. The molecule has 2 rings (SSSR count). The van der Waals surface area contributed by atoms with Crippen molar-refractivity contribution in [2.24, 2.45) is 11.8 Å². The summed E-state index contributed by atoms with van der Waals surface area (Å²) in [6.45, 7) is 6.63. The number of rotatable bonds is 2. The van der Waals surface area contributed by atoms with Gasteiger partial charge < -0.3 is 11.1 Å². The molecule has 1 aliphatic carbocycles. The Kier molecular flexibility index (Phi) is 3.55. The smallest absolute Gasteiger partial charge is 0.126 e. The standard InChI is InChI=1S/C14H23N3/c1-9-6-10(2)8-12(7-9)17-14-5-4-13(15)11(3)16-14/h4-5,9-10,12H,6-8,15H2,1-3H3,(H,16,17). The summed E-state index contributed by atoms with van der Waals surface area (Å²) in [4.78, 5) is 4.48. The van der Waals surface area contributed by atoms with Crippen molar-refractivity contribution in [1.29, 1.82) is 0 Å². The van der Waals surface area contributed by atoms with Gasteiger partial charge in [-0.3, -0.25) is 0 Å². The molecule has 1 heterocycles. The van der Waals surface area contributed by atoms with Gasteiger partial charge in [0.2, 0.25) is 0 Å². The molecule has 0 amide bonds. The fourth-order valence-electron chi connectivity index (χ4n) is 2.93. The SMILES string of the molecule is Cc1nc(NC2CC(C)CC(C)C2)ccc1N. The highest BCUT2D eigenvalue weighted by molar-refractivity contribution is 5.49. The van der Waals surface area contributed by atoms with Gasteiger partial charge in [-0.1, -0.05) is 13.8 Å². The van der Waals surface area contributed by atoms with E-state index in [0.717, 1.165) is 29.0 Å². The molecular formula is C14H23N3. The molecule has 1 aromatic heterocycles. The Hall–Kier alpha value is -1.25. The summed E-state index contributed by atoms with van der Waals surface area (Å²) in [7, 11) is 0. The molecule has 1 aliphatic rings. The second-order valence-electron chi connectivity index (χ2n) is 5.63. The zero-order valence-corrected chi connectivity index (χ0v) is 11.0. The molecule has 2 atom stereocenters. The topological polar surface area (TPSA) is 50.9 Å². The summed E-state index contributed by atoms with van der Waals surface area (Å²) in [5.74, 6) is 2.58. The van der Waals surface area contributed by atoms with Crippen molar-refractivity contribution in [2.75, 3.05) is 11.1 Å². The lowest BCUT2D eigenvalue weighted by molar-refractivity contribution is 0.280. The number of aryl methyl sites for hydroxylation is 1. The van der Waals surface area contributed by atoms with E-state index < -0.39 is 0 Å². The molecule has 1 saturated carbocycles. The van der Waals surface area contributed by atoms with E-state index in [1.165, 1.54) is 19.3 Å². The van der Waals surface area contributed by atoms with Crippen molar-refractivity contribution in [2.45, 2.75) is 46.1 Å². The van der Waals surface area contributed by atoms with Crippen LogP contribution in [0.2, 0.25) is 0 Å². The Morgan fingerprint density at radius 2 is 1.82 bits per heavy atom. The summed E-state index contributed by atoms with van der Waals surface area (Å²) >= 11 is 0. The van der Waals surface area contributed by atoms with Gasteiger partial charge in [0.25, 0.3) is 0 Å². The number of hydrogen-bond donors (Lipinski definition) is 2. The maximum Gasteiger partial charge on any atom is 0.126 e. The first kappa shape index (κ1) is 12.2. The molecule has 94 valence electrons. The van der Waals surface area contributed by atoms with Crippen LogP contribution in [0.15, 0.2) is 12.1 Å². The second kappa shape index (κ2) is 4.94. The Morgan fingerprint density at radius 3 is 2.41 bits per heavy atom. The number of anilines is 2. The average molecular weight is 233 g/mol. The van der Waals surface area contributed by atoms with Crippen molar-refractivity contribution < 1.29 is 0 Å². The zero-order chi connectivity index (χ0) is 12.4. The number of nitrogen functional groups attached to an aromatic ring is 1. The van der Waals surface area contributed by atoms with Crippen LogP contribution in [0.5, 0.6) is 0 Å². The normalized spacial score (nSPS) is 29.0. The monoisotopic (exact) mass is 233 g/mol. The van der Waals surface area contributed by atoms with Gasteiger partial charge >= 0.3 is 0 Å². The average Bonchev–Trinajstić information content (AvgIpc) is 2.22. The third kappa shape index (κ3) is 3.11. The molecule has 0 bridgehead atoms. The van der Waals surface area contributed by atoms with Crippen molar-refractivity contribution in [3.05, 3.63) is 17.8 Å². The van der Waals surface area contributed by atoms with E-state index in [4.69, 9.17) is 5.73 Å². The van der Waals surface area contributed by atoms with E-state index in [0.29, 0.717) is 6.04 Å². The maximum atomic E-state index is 5.78. The molecule has 0 radical (unpaired) electrons. The highest BCUT2D eigenvalue weighted by Crippen LogP contribution is 2.30. The van der Waals surface area contributed by atoms with Crippen molar-refractivity contribution in [3.8, 4) is 0 Å². The molecule has 2 unspecified atom stereocenters. The van der Waals surface area contributed by atoms with Gasteiger partial charge in [-0.2, -0.15) is 0 Å². The fourth-order valence-corrected chi connectivity index (χ4v) is 2.93. The van der Waals surface area contributed by atoms with E-state index >= 15 is 0 Å². The molecule has 0 spiro atoms. The van der Waals surface area contributed by atoms with Crippen LogP contribution < -0.4 is 11.1 Å².